The van der Waals surface area contributed by atoms with E-state index in [-0.39, 0.29) is 32.9 Å². The van der Waals surface area contributed by atoms with Crippen LogP contribution in [0.15, 0.2) is 40.8 Å². The number of halogens is 2. The number of furan rings is 1. The lowest BCUT2D eigenvalue weighted by Gasteiger charge is -2.02. The minimum absolute atomic E-state index is 0.00850. The SMILES string of the molecule is CNC(=O)c1c(-c2ccc(F)cc2)oc2cc([N+](=O)OC)cc(F)c12. The molecule has 0 radical (unpaired) electrons. The van der Waals surface area contributed by atoms with Crippen LogP contribution in [0, 0.1) is 16.5 Å². The highest BCUT2D eigenvalue weighted by Crippen LogP contribution is 2.37. The molecule has 25 heavy (non-hydrogen) atoms. The van der Waals surface area contributed by atoms with Crippen molar-refractivity contribution < 1.29 is 27.8 Å². The number of nitrogens with one attached hydrogen (secondary N) is 1. The second kappa shape index (κ2) is 6.31. The van der Waals surface area contributed by atoms with Gasteiger partial charge in [-0.25, -0.2) is 13.6 Å². The maximum absolute atomic E-state index is 14.6. The number of rotatable bonds is 4. The summed E-state index contributed by atoms with van der Waals surface area (Å²) < 4.78 is 33.3. The molecule has 1 N–H and O–H groups in total. The first-order chi connectivity index (χ1) is 12.0. The fourth-order valence-electron chi connectivity index (χ4n) is 2.52. The zero-order chi connectivity index (χ0) is 18.1. The predicted octanol–water partition coefficient (Wildman–Crippen LogP) is 3.71. The second-order valence-electron chi connectivity index (χ2n) is 5.13. The number of fused-ring (bicyclic) bond motifs is 1. The Kier molecular flexibility index (Phi) is 4.18. The van der Waals surface area contributed by atoms with Crippen molar-refractivity contribution in [3.05, 3.63) is 58.5 Å². The molecule has 0 aliphatic heterocycles. The molecule has 128 valence electrons. The molecule has 3 rings (SSSR count). The van der Waals surface area contributed by atoms with E-state index in [1.807, 2.05) is 0 Å². The Hall–Kier alpha value is -3.29. The molecule has 0 saturated carbocycles. The van der Waals surface area contributed by atoms with Crippen molar-refractivity contribution >= 4 is 22.6 Å². The fourth-order valence-corrected chi connectivity index (χ4v) is 2.52. The molecule has 0 atom stereocenters. The van der Waals surface area contributed by atoms with Crippen molar-refractivity contribution in [1.82, 2.24) is 5.32 Å². The maximum Gasteiger partial charge on any atom is 0.323 e. The van der Waals surface area contributed by atoms with Crippen LogP contribution in [-0.4, -0.2) is 25.0 Å². The summed E-state index contributed by atoms with van der Waals surface area (Å²) in [4.78, 5) is 28.4. The molecule has 0 aliphatic rings. The molecule has 1 amide bonds. The Morgan fingerprint density at radius 1 is 1.20 bits per heavy atom. The summed E-state index contributed by atoms with van der Waals surface area (Å²) in [5.74, 6) is -1.78. The molecule has 2 aromatic carbocycles. The smallest absolute Gasteiger partial charge is 0.323 e. The Labute approximate surface area is 140 Å². The summed E-state index contributed by atoms with van der Waals surface area (Å²) in [5.41, 5.74) is 0.215. The highest BCUT2D eigenvalue weighted by Gasteiger charge is 2.28. The third-order valence-corrected chi connectivity index (χ3v) is 3.67. The quantitative estimate of drug-likeness (QED) is 0.731. The van der Waals surface area contributed by atoms with Crippen LogP contribution in [0.5, 0.6) is 0 Å². The minimum atomic E-state index is -0.818. The fraction of sp³-hybridized carbons (Fsp3) is 0.118. The molecule has 0 unspecified atom stereocenters. The van der Waals surface area contributed by atoms with Gasteiger partial charge in [0.15, 0.2) is 7.11 Å². The first-order valence-electron chi connectivity index (χ1n) is 7.21. The van der Waals surface area contributed by atoms with E-state index in [9.17, 15) is 18.5 Å². The van der Waals surface area contributed by atoms with Crippen LogP contribution in [0.2, 0.25) is 0 Å². The second-order valence-corrected chi connectivity index (χ2v) is 5.13. The number of hydrogen-bond donors (Lipinski definition) is 1. The van der Waals surface area contributed by atoms with Crippen molar-refractivity contribution in [3.63, 3.8) is 0 Å². The summed E-state index contributed by atoms with van der Waals surface area (Å²) in [6, 6.07) is 7.41. The number of nitrogens with zero attached hydrogens (tertiary/aromatic N) is 1. The predicted molar refractivity (Wildman–Crippen MR) is 85.3 cm³/mol. The van der Waals surface area contributed by atoms with Gasteiger partial charge in [-0.15, -0.1) is 0 Å². The number of benzene rings is 2. The van der Waals surface area contributed by atoms with Gasteiger partial charge in [0.2, 0.25) is 0 Å². The van der Waals surface area contributed by atoms with E-state index in [0.29, 0.717) is 5.56 Å². The number of carbonyl (C=O) groups is 1. The van der Waals surface area contributed by atoms with Gasteiger partial charge in [0.05, 0.1) is 28.0 Å². The number of amides is 1. The summed E-state index contributed by atoms with van der Waals surface area (Å²) >= 11 is 0. The topological polar surface area (TPSA) is 71.5 Å². The summed E-state index contributed by atoms with van der Waals surface area (Å²) in [7, 11) is 2.53. The van der Waals surface area contributed by atoms with Crippen LogP contribution >= 0.6 is 0 Å². The van der Waals surface area contributed by atoms with Crippen LogP contribution in [-0.2, 0) is 4.84 Å². The van der Waals surface area contributed by atoms with Gasteiger partial charge in [-0.2, -0.15) is 0 Å². The molecular formula is C17H13F2N2O4+. The molecule has 3 aromatic rings. The van der Waals surface area contributed by atoms with Gasteiger partial charge in [0.25, 0.3) is 10.8 Å². The van der Waals surface area contributed by atoms with Gasteiger partial charge >= 0.3 is 5.69 Å². The van der Waals surface area contributed by atoms with Crippen molar-refractivity contribution in [2.24, 2.45) is 0 Å². The van der Waals surface area contributed by atoms with Gasteiger partial charge < -0.3 is 9.73 Å². The number of hydrogen-bond acceptors (Lipinski definition) is 4. The highest BCUT2D eigenvalue weighted by atomic mass is 19.1. The Balaban J connectivity index is 2.32. The van der Waals surface area contributed by atoms with Crippen LogP contribution in [0.1, 0.15) is 10.4 Å². The van der Waals surface area contributed by atoms with Crippen LogP contribution in [0.25, 0.3) is 22.3 Å². The van der Waals surface area contributed by atoms with Crippen LogP contribution in [0.3, 0.4) is 0 Å². The molecule has 1 aromatic heterocycles. The molecule has 8 heteroatoms. The average molecular weight is 347 g/mol. The summed E-state index contributed by atoms with van der Waals surface area (Å²) in [5, 5.41) is 2.34. The lowest BCUT2D eigenvalue weighted by Crippen LogP contribution is -2.18. The lowest BCUT2D eigenvalue weighted by atomic mass is 10.0. The largest absolute Gasteiger partial charge is 0.455 e. The first-order valence-corrected chi connectivity index (χ1v) is 7.21. The van der Waals surface area contributed by atoms with E-state index < -0.39 is 17.5 Å². The molecule has 1 heterocycles. The van der Waals surface area contributed by atoms with Gasteiger partial charge in [-0.05, 0) is 24.3 Å². The van der Waals surface area contributed by atoms with Crippen molar-refractivity contribution in [1.29, 1.82) is 0 Å². The Morgan fingerprint density at radius 3 is 2.48 bits per heavy atom. The third-order valence-electron chi connectivity index (χ3n) is 3.67. The van der Waals surface area contributed by atoms with E-state index >= 15 is 0 Å². The summed E-state index contributed by atoms with van der Waals surface area (Å²) in [6.45, 7) is 0. The van der Waals surface area contributed by atoms with Crippen LogP contribution in [0.4, 0.5) is 14.5 Å². The zero-order valence-corrected chi connectivity index (χ0v) is 13.3. The van der Waals surface area contributed by atoms with E-state index in [0.717, 1.165) is 13.2 Å². The van der Waals surface area contributed by atoms with Crippen molar-refractivity contribution in [2.45, 2.75) is 0 Å². The normalized spacial score (nSPS) is 10.7. The molecule has 0 fully saturated rings. The highest BCUT2D eigenvalue weighted by molar-refractivity contribution is 6.11. The first kappa shape index (κ1) is 16.6. The molecule has 0 saturated heterocycles. The maximum atomic E-state index is 14.6. The van der Waals surface area contributed by atoms with Crippen molar-refractivity contribution in [3.8, 4) is 11.3 Å². The summed E-state index contributed by atoms with van der Waals surface area (Å²) in [6.07, 6.45) is 0. The van der Waals surface area contributed by atoms with E-state index in [2.05, 4.69) is 10.2 Å². The Morgan fingerprint density at radius 2 is 1.88 bits per heavy atom. The average Bonchev–Trinajstić information content (AvgIpc) is 3.01. The monoisotopic (exact) mass is 347 g/mol. The van der Waals surface area contributed by atoms with E-state index in [1.165, 1.54) is 37.4 Å². The molecule has 0 aliphatic carbocycles. The molecule has 0 spiro atoms. The van der Waals surface area contributed by atoms with E-state index in [1.54, 1.807) is 0 Å². The van der Waals surface area contributed by atoms with Crippen LogP contribution < -0.4 is 5.32 Å². The van der Waals surface area contributed by atoms with Gasteiger partial charge in [0.1, 0.15) is 23.0 Å². The molecule has 0 bridgehead atoms. The molecule has 6 nitrogen and oxygen atoms in total. The van der Waals surface area contributed by atoms with E-state index in [4.69, 9.17) is 4.42 Å². The third kappa shape index (κ3) is 2.82. The zero-order valence-electron chi connectivity index (χ0n) is 13.3. The van der Waals surface area contributed by atoms with Crippen molar-refractivity contribution in [2.75, 3.05) is 14.2 Å². The minimum Gasteiger partial charge on any atom is -0.455 e. The number of carbonyl (C=O) groups excluding carboxylic acids is 1. The lowest BCUT2D eigenvalue weighted by molar-refractivity contribution is -0.736. The Bertz CT molecular complexity index is 980. The van der Waals surface area contributed by atoms with Gasteiger partial charge in [-0.3, -0.25) is 4.79 Å². The standard InChI is InChI=1S/C17H12F2N2O4/c1-20-17(22)15-14-12(19)7-11(21(23)24-2)8-13(14)25-16(15)9-3-5-10(18)6-4-9/h3-8H,1-2H3/p+1. The molecular weight excluding hydrogens is 334 g/mol. The van der Waals surface area contributed by atoms with Gasteiger partial charge in [0, 0.05) is 12.6 Å². The van der Waals surface area contributed by atoms with Gasteiger partial charge in [-0.1, -0.05) is 0 Å².